The molecule has 1 aliphatic heterocycles. The number of aryl methyl sites for hydroxylation is 2. The molecule has 22 heavy (non-hydrogen) atoms. The number of rotatable bonds is 4. The fourth-order valence-electron chi connectivity index (χ4n) is 2.72. The van der Waals surface area contributed by atoms with Crippen LogP contribution in [-0.4, -0.2) is 41.6 Å². The normalized spacial score (nSPS) is 13.9. The monoisotopic (exact) mass is 300 g/mol. The van der Waals surface area contributed by atoms with E-state index in [2.05, 4.69) is 21.5 Å². The Bertz CT molecular complexity index is 743. The predicted molar refractivity (Wildman–Crippen MR) is 87.4 cm³/mol. The molecule has 0 amide bonds. The van der Waals surface area contributed by atoms with Crippen molar-refractivity contribution in [2.24, 2.45) is 4.99 Å². The number of anilines is 1. The van der Waals surface area contributed by atoms with Crippen molar-refractivity contribution in [3.63, 3.8) is 0 Å². The number of methoxy groups -OCH3 is 1. The fraction of sp³-hybridized carbons (Fsp3) is 0.375. The van der Waals surface area contributed by atoms with Gasteiger partial charge in [0.15, 0.2) is 0 Å². The highest BCUT2D eigenvalue weighted by Gasteiger charge is 2.16. The molecule has 0 spiro atoms. The van der Waals surface area contributed by atoms with Crippen LogP contribution in [-0.2, 0) is 6.61 Å². The van der Waals surface area contributed by atoms with Crippen molar-refractivity contribution in [1.82, 2.24) is 9.99 Å². The summed E-state index contributed by atoms with van der Waals surface area (Å²) in [7, 11) is 1.64. The number of aliphatic imine (C=N–C) groups is 1. The van der Waals surface area contributed by atoms with Gasteiger partial charge >= 0.3 is 0 Å². The highest BCUT2D eigenvalue weighted by molar-refractivity contribution is 5.94. The lowest BCUT2D eigenvalue weighted by molar-refractivity contribution is 0.276. The molecule has 0 bridgehead atoms. The number of benzene rings is 1. The van der Waals surface area contributed by atoms with E-state index in [1.165, 1.54) is 0 Å². The predicted octanol–water partition coefficient (Wildman–Crippen LogP) is 2.02. The summed E-state index contributed by atoms with van der Waals surface area (Å²) in [6.45, 7) is 5.62. The van der Waals surface area contributed by atoms with E-state index in [0.717, 1.165) is 46.6 Å². The van der Waals surface area contributed by atoms with E-state index in [0.29, 0.717) is 5.69 Å². The molecule has 0 radical (unpaired) electrons. The third-order valence-electron chi connectivity index (χ3n) is 3.89. The van der Waals surface area contributed by atoms with Crippen molar-refractivity contribution >= 4 is 22.9 Å². The molecule has 0 saturated heterocycles. The second kappa shape index (κ2) is 5.81. The number of hydrogen-bond donors (Lipinski definition) is 2. The average Bonchev–Trinajstić information content (AvgIpc) is 3.04. The van der Waals surface area contributed by atoms with Crippen molar-refractivity contribution < 1.29 is 9.84 Å². The summed E-state index contributed by atoms with van der Waals surface area (Å²) in [5.41, 5.74) is 7.96. The molecule has 2 N–H and O–H groups in total. The van der Waals surface area contributed by atoms with Gasteiger partial charge in [0.05, 0.1) is 43.7 Å². The second-order valence-electron chi connectivity index (χ2n) is 5.39. The van der Waals surface area contributed by atoms with Gasteiger partial charge in [0.2, 0.25) is 0 Å². The van der Waals surface area contributed by atoms with Gasteiger partial charge in [0.25, 0.3) is 0 Å². The Balaban J connectivity index is 2.16. The largest absolute Gasteiger partial charge is 0.496 e. The fourth-order valence-corrected chi connectivity index (χ4v) is 2.72. The Kier molecular flexibility index (Phi) is 3.85. The van der Waals surface area contributed by atoms with E-state index < -0.39 is 0 Å². The highest BCUT2D eigenvalue weighted by Crippen LogP contribution is 2.35. The molecular weight excluding hydrogens is 280 g/mol. The minimum absolute atomic E-state index is 0.102. The van der Waals surface area contributed by atoms with Crippen LogP contribution >= 0.6 is 0 Å². The minimum atomic E-state index is -0.102. The molecule has 0 fully saturated rings. The zero-order chi connectivity index (χ0) is 15.7. The van der Waals surface area contributed by atoms with Crippen LogP contribution in [0.15, 0.2) is 17.1 Å². The Morgan fingerprint density at radius 2 is 2.18 bits per heavy atom. The lowest BCUT2D eigenvalue weighted by atomic mass is 10.0. The van der Waals surface area contributed by atoms with Crippen molar-refractivity contribution in [3.8, 4) is 5.75 Å². The molecule has 6 heteroatoms. The first-order valence-corrected chi connectivity index (χ1v) is 7.26. The molecule has 0 aliphatic carbocycles. The standard InChI is InChI=1S/C16H20N4O2/c1-10-6-13(19-20-5-4-17-9-20)11(2)15-14(22-3)7-12(8-21)18-16(10)15/h6-7,9,19,21H,4-5,8H2,1-3H3. The van der Waals surface area contributed by atoms with E-state index in [1.807, 2.05) is 25.2 Å². The van der Waals surface area contributed by atoms with Gasteiger partial charge in [-0.05, 0) is 31.0 Å². The van der Waals surface area contributed by atoms with Crippen LogP contribution in [0.1, 0.15) is 16.8 Å². The second-order valence-corrected chi connectivity index (χ2v) is 5.39. The van der Waals surface area contributed by atoms with Gasteiger partial charge in [0.1, 0.15) is 12.1 Å². The van der Waals surface area contributed by atoms with Crippen LogP contribution < -0.4 is 10.2 Å². The number of hydrazine groups is 1. The number of fused-ring (bicyclic) bond motifs is 1. The van der Waals surface area contributed by atoms with Crippen LogP contribution in [0.5, 0.6) is 5.75 Å². The summed E-state index contributed by atoms with van der Waals surface area (Å²) < 4.78 is 5.51. The number of pyridine rings is 1. The van der Waals surface area contributed by atoms with Crippen LogP contribution in [0.25, 0.3) is 10.9 Å². The molecule has 0 saturated carbocycles. The van der Waals surface area contributed by atoms with E-state index in [4.69, 9.17) is 4.74 Å². The Hall–Kier alpha value is -2.34. The van der Waals surface area contributed by atoms with Gasteiger partial charge in [0, 0.05) is 11.5 Å². The molecule has 2 heterocycles. The Morgan fingerprint density at radius 3 is 2.82 bits per heavy atom. The minimum Gasteiger partial charge on any atom is -0.496 e. The highest BCUT2D eigenvalue weighted by atomic mass is 16.5. The van der Waals surface area contributed by atoms with Crippen molar-refractivity contribution in [2.45, 2.75) is 20.5 Å². The van der Waals surface area contributed by atoms with Crippen LogP contribution in [0.4, 0.5) is 5.69 Å². The van der Waals surface area contributed by atoms with Crippen LogP contribution in [0.2, 0.25) is 0 Å². The Morgan fingerprint density at radius 1 is 1.36 bits per heavy atom. The van der Waals surface area contributed by atoms with Crippen LogP contribution in [0, 0.1) is 13.8 Å². The zero-order valence-corrected chi connectivity index (χ0v) is 13.1. The summed E-state index contributed by atoms with van der Waals surface area (Å²) in [6.07, 6.45) is 1.81. The van der Waals surface area contributed by atoms with E-state index in [1.54, 1.807) is 13.2 Å². The number of hydrogen-bond acceptors (Lipinski definition) is 6. The number of aliphatic hydroxyl groups excluding tert-OH is 1. The summed E-state index contributed by atoms with van der Waals surface area (Å²) >= 11 is 0. The molecule has 116 valence electrons. The summed E-state index contributed by atoms with van der Waals surface area (Å²) in [6, 6.07) is 3.85. The molecule has 6 nitrogen and oxygen atoms in total. The lowest BCUT2D eigenvalue weighted by Crippen LogP contribution is -2.27. The number of nitrogens with one attached hydrogen (secondary N) is 1. The Labute approximate surface area is 129 Å². The van der Waals surface area contributed by atoms with Gasteiger partial charge in [-0.2, -0.15) is 0 Å². The summed E-state index contributed by atoms with van der Waals surface area (Å²) in [4.78, 5) is 8.74. The molecule has 1 aromatic carbocycles. The van der Waals surface area contributed by atoms with Gasteiger partial charge in [-0.1, -0.05) is 0 Å². The van der Waals surface area contributed by atoms with Gasteiger partial charge < -0.3 is 9.84 Å². The third kappa shape index (κ3) is 2.46. The SMILES string of the molecule is COc1cc(CO)nc2c(C)cc(NN3C=NCC3)c(C)c12. The molecule has 0 unspecified atom stereocenters. The quantitative estimate of drug-likeness (QED) is 0.904. The molecule has 1 aliphatic rings. The first-order valence-electron chi connectivity index (χ1n) is 7.26. The van der Waals surface area contributed by atoms with Crippen LogP contribution in [0.3, 0.4) is 0 Å². The zero-order valence-electron chi connectivity index (χ0n) is 13.1. The van der Waals surface area contributed by atoms with E-state index in [-0.39, 0.29) is 6.61 Å². The van der Waals surface area contributed by atoms with Crippen molar-refractivity contribution in [2.75, 3.05) is 25.6 Å². The maximum atomic E-state index is 9.37. The van der Waals surface area contributed by atoms with Gasteiger partial charge in [-0.15, -0.1) is 0 Å². The van der Waals surface area contributed by atoms with E-state index >= 15 is 0 Å². The number of nitrogens with zero attached hydrogens (tertiary/aromatic N) is 3. The lowest BCUT2D eigenvalue weighted by Gasteiger charge is -2.21. The number of ether oxygens (including phenoxy) is 1. The maximum Gasteiger partial charge on any atom is 0.130 e. The van der Waals surface area contributed by atoms with Gasteiger partial charge in [-0.25, -0.2) is 4.98 Å². The van der Waals surface area contributed by atoms with E-state index in [9.17, 15) is 5.11 Å². The number of aromatic nitrogens is 1. The molecule has 0 atom stereocenters. The first kappa shape index (κ1) is 14.6. The van der Waals surface area contributed by atoms with Crippen molar-refractivity contribution in [3.05, 3.63) is 29.0 Å². The average molecular weight is 300 g/mol. The topological polar surface area (TPSA) is 70.0 Å². The third-order valence-corrected chi connectivity index (χ3v) is 3.89. The van der Waals surface area contributed by atoms with Gasteiger partial charge in [-0.3, -0.25) is 15.4 Å². The summed E-state index contributed by atoms with van der Waals surface area (Å²) in [5, 5.41) is 12.3. The summed E-state index contributed by atoms with van der Waals surface area (Å²) in [5.74, 6) is 0.730. The maximum absolute atomic E-state index is 9.37. The number of aliphatic hydroxyl groups is 1. The molecule has 1 aromatic heterocycles. The molecule has 2 aromatic rings. The first-order chi connectivity index (χ1) is 10.6. The smallest absolute Gasteiger partial charge is 0.130 e. The van der Waals surface area contributed by atoms with Crippen molar-refractivity contribution in [1.29, 1.82) is 0 Å². The molecular formula is C16H20N4O2. The molecule has 3 rings (SSSR count).